The fourth-order valence-corrected chi connectivity index (χ4v) is 1.38. The highest BCUT2D eigenvalue weighted by atomic mass is 32.2. The molecule has 48 valence electrons. The van der Waals surface area contributed by atoms with Crippen LogP contribution in [0.4, 0.5) is 0 Å². The Morgan fingerprint density at radius 3 is 3.33 bits per heavy atom. The Kier molecular flexibility index (Phi) is 1.23. The van der Waals surface area contributed by atoms with Crippen molar-refractivity contribution in [2.45, 2.75) is 11.7 Å². The predicted molar refractivity (Wildman–Crippen MR) is 38.5 cm³/mol. The second-order valence-electron chi connectivity index (χ2n) is 2.24. The van der Waals surface area contributed by atoms with Gasteiger partial charge in [-0.15, -0.1) is 0 Å². The summed E-state index contributed by atoms with van der Waals surface area (Å²) in [6, 6.07) is 2.04. The Labute approximate surface area is 58.0 Å². The largest absolute Gasteiger partial charge is 0.283 e. The Morgan fingerprint density at radius 1 is 1.89 bits per heavy atom. The maximum atomic E-state index is 3.87. The first-order valence-corrected chi connectivity index (χ1v) is 4.10. The Morgan fingerprint density at radius 2 is 2.78 bits per heavy atom. The van der Waals surface area contributed by atoms with Crippen molar-refractivity contribution in [2.75, 3.05) is 5.75 Å². The number of thioether (sulfide) groups is 1. The highest BCUT2D eigenvalue weighted by Gasteiger charge is 2.22. The van der Waals surface area contributed by atoms with Crippen LogP contribution in [-0.2, 0) is 6.42 Å². The van der Waals surface area contributed by atoms with E-state index in [1.165, 1.54) is 17.9 Å². The number of H-pyrrole nitrogens is 1. The van der Waals surface area contributed by atoms with E-state index in [9.17, 15) is 0 Å². The number of nitrogens with zero attached hydrogens (tertiary/aromatic N) is 1. The summed E-state index contributed by atoms with van der Waals surface area (Å²) in [5, 5.41) is 7.69. The van der Waals surface area contributed by atoms with Crippen LogP contribution in [-0.4, -0.2) is 21.2 Å². The maximum Gasteiger partial charge on any atom is 0.0490 e. The SMILES string of the molecule is c1cc(CC2CS2)[nH]n1. The molecule has 0 bridgehead atoms. The molecule has 2 heterocycles. The van der Waals surface area contributed by atoms with Crippen LogP contribution >= 0.6 is 11.8 Å². The molecule has 1 fully saturated rings. The van der Waals surface area contributed by atoms with Crippen molar-refractivity contribution in [1.29, 1.82) is 0 Å². The summed E-state index contributed by atoms with van der Waals surface area (Å²) in [4.78, 5) is 0. The molecule has 2 nitrogen and oxygen atoms in total. The predicted octanol–water partition coefficient (Wildman–Crippen LogP) is 1.07. The van der Waals surface area contributed by atoms with E-state index < -0.39 is 0 Å². The Balaban J connectivity index is 1.99. The maximum absolute atomic E-state index is 3.87. The van der Waals surface area contributed by atoms with E-state index in [1.54, 1.807) is 0 Å². The first-order valence-electron chi connectivity index (χ1n) is 3.05. The molecule has 1 atom stereocenters. The van der Waals surface area contributed by atoms with E-state index in [0.29, 0.717) is 0 Å². The lowest BCUT2D eigenvalue weighted by Gasteiger charge is -1.87. The lowest BCUT2D eigenvalue weighted by molar-refractivity contribution is 0.929. The average molecular weight is 140 g/mol. The molecule has 1 aromatic heterocycles. The van der Waals surface area contributed by atoms with Crippen molar-refractivity contribution in [1.82, 2.24) is 10.2 Å². The molecular weight excluding hydrogens is 132 g/mol. The monoisotopic (exact) mass is 140 g/mol. The van der Waals surface area contributed by atoms with E-state index in [4.69, 9.17) is 0 Å². The number of rotatable bonds is 2. The van der Waals surface area contributed by atoms with Crippen LogP contribution in [0.3, 0.4) is 0 Å². The summed E-state index contributed by atoms with van der Waals surface area (Å²) < 4.78 is 0. The van der Waals surface area contributed by atoms with E-state index in [1.807, 2.05) is 24.0 Å². The summed E-state index contributed by atoms with van der Waals surface area (Å²) >= 11 is 2.02. The van der Waals surface area contributed by atoms with Crippen molar-refractivity contribution < 1.29 is 0 Å². The van der Waals surface area contributed by atoms with Crippen LogP contribution in [0, 0.1) is 0 Å². The van der Waals surface area contributed by atoms with Crippen molar-refractivity contribution in [3.8, 4) is 0 Å². The number of aromatic amines is 1. The molecule has 1 N–H and O–H groups in total. The van der Waals surface area contributed by atoms with Gasteiger partial charge in [-0.2, -0.15) is 16.9 Å². The molecule has 0 aliphatic carbocycles. The minimum atomic E-state index is 0.880. The first kappa shape index (κ1) is 5.35. The molecule has 9 heavy (non-hydrogen) atoms. The van der Waals surface area contributed by atoms with Crippen LogP contribution in [0.2, 0.25) is 0 Å². The third kappa shape index (κ3) is 1.27. The molecule has 1 aliphatic rings. The zero-order valence-electron chi connectivity index (χ0n) is 5.00. The molecule has 1 saturated heterocycles. The number of nitrogens with one attached hydrogen (secondary N) is 1. The molecule has 1 aromatic rings. The van der Waals surface area contributed by atoms with Gasteiger partial charge in [0.1, 0.15) is 0 Å². The van der Waals surface area contributed by atoms with Gasteiger partial charge in [-0.25, -0.2) is 0 Å². The topological polar surface area (TPSA) is 28.7 Å². The third-order valence-corrected chi connectivity index (χ3v) is 2.38. The van der Waals surface area contributed by atoms with Crippen LogP contribution in [0.5, 0.6) is 0 Å². The molecule has 0 spiro atoms. The van der Waals surface area contributed by atoms with Crippen LogP contribution in [0.15, 0.2) is 12.3 Å². The fourth-order valence-electron chi connectivity index (χ4n) is 0.830. The zero-order valence-corrected chi connectivity index (χ0v) is 5.82. The van der Waals surface area contributed by atoms with Gasteiger partial charge in [-0.3, -0.25) is 5.10 Å². The van der Waals surface area contributed by atoms with Gasteiger partial charge in [0.05, 0.1) is 0 Å². The van der Waals surface area contributed by atoms with Crippen molar-refractivity contribution in [2.24, 2.45) is 0 Å². The number of aromatic nitrogens is 2. The summed E-state index contributed by atoms with van der Waals surface area (Å²) in [7, 11) is 0. The second-order valence-corrected chi connectivity index (χ2v) is 3.57. The van der Waals surface area contributed by atoms with Gasteiger partial charge in [0.2, 0.25) is 0 Å². The molecule has 0 aromatic carbocycles. The third-order valence-electron chi connectivity index (χ3n) is 1.41. The van der Waals surface area contributed by atoms with Crippen LogP contribution in [0.25, 0.3) is 0 Å². The molecule has 2 rings (SSSR count). The summed E-state index contributed by atoms with van der Waals surface area (Å²) in [6.07, 6.45) is 2.98. The smallest absolute Gasteiger partial charge is 0.0490 e. The van der Waals surface area contributed by atoms with Crippen molar-refractivity contribution >= 4 is 11.8 Å². The standard InChI is InChI=1S/C6H8N2S/c1-2-7-8-5(1)3-6-4-9-6/h1-2,6H,3-4H2,(H,7,8). The normalized spacial score (nSPS) is 24.2. The minimum absolute atomic E-state index is 0.880. The van der Waals surface area contributed by atoms with Gasteiger partial charge < -0.3 is 0 Å². The Bertz CT molecular complexity index is 179. The molecule has 0 radical (unpaired) electrons. The lowest BCUT2D eigenvalue weighted by atomic mass is 10.3. The molecular formula is C6H8N2S. The number of hydrogen-bond donors (Lipinski definition) is 1. The van der Waals surface area contributed by atoms with Crippen LogP contribution < -0.4 is 0 Å². The second kappa shape index (κ2) is 2.06. The van der Waals surface area contributed by atoms with Crippen LogP contribution in [0.1, 0.15) is 5.69 Å². The van der Waals surface area contributed by atoms with Gasteiger partial charge in [-0.1, -0.05) is 0 Å². The average Bonchev–Trinajstić information content (AvgIpc) is 2.46. The van der Waals surface area contributed by atoms with Gasteiger partial charge in [0.25, 0.3) is 0 Å². The van der Waals surface area contributed by atoms with E-state index in [0.717, 1.165) is 5.25 Å². The zero-order chi connectivity index (χ0) is 6.10. The summed E-state index contributed by atoms with van der Waals surface area (Å²) in [6.45, 7) is 0. The highest BCUT2D eigenvalue weighted by molar-refractivity contribution is 8.06. The van der Waals surface area contributed by atoms with Gasteiger partial charge in [0, 0.05) is 29.3 Å². The first-order chi connectivity index (χ1) is 4.45. The van der Waals surface area contributed by atoms with E-state index in [2.05, 4.69) is 10.2 Å². The molecule has 1 unspecified atom stereocenters. The van der Waals surface area contributed by atoms with E-state index in [-0.39, 0.29) is 0 Å². The van der Waals surface area contributed by atoms with Gasteiger partial charge >= 0.3 is 0 Å². The fraction of sp³-hybridized carbons (Fsp3) is 0.500. The molecule has 1 aliphatic heterocycles. The molecule has 3 heteroatoms. The summed E-state index contributed by atoms with van der Waals surface area (Å²) in [5.74, 6) is 1.33. The quantitative estimate of drug-likeness (QED) is 0.622. The van der Waals surface area contributed by atoms with Crippen molar-refractivity contribution in [3.05, 3.63) is 18.0 Å². The minimum Gasteiger partial charge on any atom is -0.283 e. The van der Waals surface area contributed by atoms with Gasteiger partial charge in [0.15, 0.2) is 0 Å². The lowest BCUT2D eigenvalue weighted by Crippen LogP contribution is -1.90. The van der Waals surface area contributed by atoms with E-state index >= 15 is 0 Å². The van der Waals surface area contributed by atoms with Crippen molar-refractivity contribution in [3.63, 3.8) is 0 Å². The highest BCUT2D eigenvalue weighted by Crippen LogP contribution is 2.32. The summed E-state index contributed by atoms with van der Waals surface area (Å²) in [5.41, 5.74) is 1.27. The number of hydrogen-bond acceptors (Lipinski definition) is 2. The molecule has 0 amide bonds. The van der Waals surface area contributed by atoms with Gasteiger partial charge in [-0.05, 0) is 6.07 Å². The Hall–Kier alpha value is -0.440. The molecule has 0 saturated carbocycles.